The van der Waals surface area contributed by atoms with Gasteiger partial charge in [-0.25, -0.2) is 17.9 Å². The summed E-state index contributed by atoms with van der Waals surface area (Å²) in [5.74, 6) is -0.0110. The Morgan fingerprint density at radius 2 is 1.70 bits per heavy atom. The van der Waals surface area contributed by atoms with E-state index in [0.29, 0.717) is 5.75 Å². The Balaban J connectivity index is 2.20. The molecule has 0 heterocycles. The largest absolute Gasteiger partial charge is 0.497 e. The summed E-state index contributed by atoms with van der Waals surface area (Å²) in [5.41, 5.74) is 0.766. The molecule has 0 spiro atoms. The van der Waals surface area contributed by atoms with Gasteiger partial charge in [0.25, 0.3) is 0 Å². The third-order valence-electron chi connectivity index (χ3n) is 3.21. The number of esters is 1. The zero-order chi connectivity index (χ0) is 16.9. The second-order valence-corrected chi connectivity index (χ2v) is 6.40. The van der Waals surface area contributed by atoms with Gasteiger partial charge in [-0.3, -0.25) is 0 Å². The van der Waals surface area contributed by atoms with Gasteiger partial charge in [0.05, 0.1) is 24.7 Å². The van der Waals surface area contributed by atoms with Gasteiger partial charge in [-0.1, -0.05) is 24.3 Å². The molecule has 7 heteroatoms. The number of carbonyl (C=O) groups is 1. The number of hydrogen-bond acceptors (Lipinski definition) is 5. The van der Waals surface area contributed by atoms with Crippen molar-refractivity contribution in [2.75, 3.05) is 14.2 Å². The van der Waals surface area contributed by atoms with Crippen LogP contribution in [-0.4, -0.2) is 28.6 Å². The lowest BCUT2D eigenvalue weighted by Crippen LogP contribution is -2.25. The van der Waals surface area contributed by atoms with E-state index < -0.39 is 16.0 Å². The van der Waals surface area contributed by atoms with Gasteiger partial charge in [0.1, 0.15) is 5.75 Å². The SMILES string of the molecule is COC(=O)c1ccccc1S(=O)(=O)NCc1ccc(OC)cc1. The molecule has 0 saturated heterocycles. The van der Waals surface area contributed by atoms with Gasteiger partial charge >= 0.3 is 5.97 Å². The number of nitrogens with one attached hydrogen (secondary N) is 1. The summed E-state index contributed by atoms with van der Waals surface area (Å²) < 4.78 is 37.0. The highest BCUT2D eigenvalue weighted by molar-refractivity contribution is 7.89. The van der Waals surface area contributed by atoms with Crippen molar-refractivity contribution in [3.05, 3.63) is 59.7 Å². The van der Waals surface area contributed by atoms with Crippen LogP contribution in [0.1, 0.15) is 15.9 Å². The van der Waals surface area contributed by atoms with E-state index in [0.717, 1.165) is 5.56 Å². The minimum atomic E-state index is -3.84. The van der Waals surface area contributed by atoms with Gasteiger partial charge < -0.3 is 9.47 Å². The Bertz CT molecular complexity index is 784. The van der Waals surface area contributed by atoms with Crippen LogP contribution >= 0.6 is 0 Å². The fraction of sp³-hybridized carbons (Fsp3) is 0.188. The number of rotatable bonds is 6. The van der Waals surface area contributed by atoms with E-state index in [-0.39, 0.29) is 17.0 Å². The summed E-state index contributed by atoms with van der Waals surface area (Å²) in [6, 6.07) is 12.9. The maximum Gasteiger partial charge on any atom is 0.339 e. The summed E-state index contributed by atoms with van der Waals surface area (Å²) >= 11 is 0. The Kier molecular flexibility index (Phi) is 5.36. The number of sulfonamides is 1. The molecule has 23 heavy (non-hydrogen) atoms. The summed E-state index contributed by atoms with van der Waals surface area (Å²) in [6.07, 6.45) is 0. The zero-order valence-corrected chi connectivity index (χ0v) is 13.6. The monoisotopic (exact) mass is 335 g/mol. The van der Waals surface area contributed by atoms with E-state index >= 15 is 0 Å². The average Bonchev–Trinajstić information content (AvgIpc) is 2.59. The molecule has 2 aromatic carbocycles. The van der Waals surface area contributed by atoms with Crippen molar-refractivity contribution in [1.29, 1.82) is 0 Å². The molecule has 0 bridgehead atoms. The molecule has 122 valence electrons. The van der Waals surface area contributed by atoms with E-state index in [1.54, 1.807) is 43.5 Å². The standard InChI is InChI=1S/C16H17NO5S/c1-21-13-9-7-12(8-10-13)11-17-23(19,20)15-6-4-3-5-14(15)16(18)22-2/h3-10,17H,11H2,1-2H3. The molecular formula is C16H17NO5S. The second kappa shape index (κ2) is 7.26. The van der Waals surface area contributed by atoms with E-state index in [1.165, 1.54) is 19.2 Å². The lowest BCUT2D eigenvalue weighted by atomic mass is 10.2. The Labute approximate surface area is 135 Å². The Morgan fingerprint density at radius 1 is 1.04 bits per heavy atom. The molecular weight excluding hydrogens is 318 g/mol. The van der Waals surface area contributed by atoms with E-state index in [4.69, 9.17) is 4.74 Å². The van der Waals surface area contributed by atoms with Gasteiger partial charge in [-0.2, -0.15) is 0 Å². The highest BCUT2D eigenvalue weighted by Gasteiger charge is 2.22. The molecule has 2 aromatic rings. The molecule has 2 rings (SSSR count). The smallest absolute Gasteiger partial charge is 0.339 e. The molecule has 0 amide bonds. The molecule has 0 radical (unpaired) electrons. The second-order valence-electron chi connectivity index (χ2n) is 4.66. The summed E-state index contributed by atoms with van der Waals surface area (Å²) in [7, 11) is -1.08. The van der Waals surface area contributed by atoms with Crippen LogP contribution in [0.4, 0.5) is 0 Å². The number of benzene rings is 2. The maximum atomic E-state index is 12.4. The number of ether oxygens (including phenoxy) is 2. The van der Waals surface area contributed by atoms with Crippen LogP contribution in [-0.2, 0) is 21.3 Å². The number of carbonyl (C=O) groups excluding carboxylic acids is 1. The van der Waals surface area contributed by atoms with Crippen molar-refractivity contribution in [1.82, 2.24) is 4.72 Å². The minimum Gasteiger partial charge on any atom is -0.497 e. The normalized spacial score (nSPS) is 11.0. The quantitative estimate of drug-likeness (QED) is 0.816. The molecule has 0 atom stereocenters. The minimum absolute atomic E-state index is 0.00256. The fourth-order valence-corrected chi connectivity index (χ4v) is 3.19. The summed E-state index contributed by atoms with van der Waals surface area (Å²) in [5, 5.41) is 0. The Morgan fingerprint density at radius 3 is 2.30 bits per heavy atom. The first kappa shape index (κ1) is 17.0. The predicted octanol–water partition coefficient (Wildman–Crippen LogP) is 1.96. The lowest BCUT2D eigenvalue weighted by molar-refractivity contribution is 0.0596. The molecule has 0 aliphatic carbocycles. The van der Waals surface area contributed by atoms with Crippen LogP contribution in [0, 0.1) is 0 Å². The van der Waals surface area contributed by atoms with Crippen molar-refractivity contribution in [3.63, 3.8) is 0 Å². The number of methoxy groups -OCH3 is 2. The molecule has 1 N–H and O–H groups in total. The van der Waals surface area contributed by atoms with Crippen molar-refractivity contribution >= 4 is 16.0 Å². The van der Waals surface area contributed by atoms with Crippen LogP contribution in [0.2, 0.25) is 0 Å². The topological polar surface area (TPSA) is 81.7 Å². The first-order chi connectivity index (χ1) is 11.0. The molecule has 0 aliphatic heterocycles. The maximum absolute atomic E-state index is 12.4. The Hall–Kier alpha value is -2.38. The fourth-order valence-electron chi connectivity index (χ4n) is 1.98. The van der Waals surface area contributed by atoms with Gasteiger partial charge in [0.2, 0.25) is 10.0 Å². The van der Waals surface area contributed by atoms with Crippen molar-refractivity contribution in [2.24, 2.45) is 0 Å². The molecule has 0 aromatic heterocycles. The third kappa shape index (κ3) is 4.08. The van der Waals surface area contributed by atoms with Crippen LogP contribution in [0.15, 0.2) is 53.4 Å². The lowest BCUT2D eigenvalue weighted by Gasteiger charge is -2.10. The zero-order valence-electron chi connectivity index (χ0n) is 12.8. The highest BCUT2D eigenvalue weighted by atomic mass is 32.2. The summed E-state index contributed by atoms with van der Waals surface area (Å²) in [6.45, 7) is 0.0990. The van der Waals surface area contributed by atoms with Gasteiger partial charge in [0.15, 0.2) is 0 Å². The highest BCUT2D eigenvalue weighted by Crippen LogP contribution is 2.17. The van der Waals surface area contributed by atoms with Gasteiger partial charge in [0, 0.05) is 6.54 Å². The summed E-state index contributed by atoms with van der Waals surface area (Å²) in [4.78, 5) is 11.6. The predicted molar refractivity (Wildman–Crippen MR) is 84.8 cm³/mol. The van der Waals surface area contributed by atoms with Crippen molar-refractivity contribution in [2.45, 2.75) is 11.4 Å². The van der Waals surface area contributed by atoms with Crippen molar-refractivity contribution < 1.29 is 22.7 Å². The third-order valence-corrected chi connectivity index (χ3v) is 4.67. The molecule has 0 saturated carbocycles. The molecule has 0 unspecified atom stereocenters. The first-order valence-corrected chi connectivity index (χ1v) is 8.26. The van der Waals surface area contributed by atoms with E-state index in [2.05, 4.69) is 9.46 Å². The van der Waals surface area contributed by atoms with Gasteiger partial charge in [-0.05, 0) is 29.8 Å². The average molecular weight is 335 g/mol. The number of hydrogen-bond donors (Lipinski definition) is 1. The van der Waals surface area contributed by atoms with Gasteiger partial charge in [-0.15, -0.1) is 0 Å². The van der Waals surface area contributed by atoms with E-state index in [1.807, 2.05) is 0 Å². The van der Waals surface area contributed by atoms with Crippen LogP contribution < -0.4 is 9.46 Å². The van der Waals surface area contributed by atoms with Crippen LogP contribution in [0.3, 0.4) is 0 Å². The first-order valence-electron chi connectivity index (χ1n) is 6.78. The van der Waals surface area contributed by atoms with Crippen molar-refractivity contribution in [3.8, 4) is 5.75 Å². The van der Waals surface area contributed by atoms with Crippen LogP contribution in [0.25, 0.3) is 0 Å². The molecule has 0 fully saturated rings. The van der Waals surface area contributed by atoms with E-state index in [9.17, 15) is 13.2 Å². The molecule has 6 nitrogen and oxygen atoms in total. The van der Waals surface area contributed by atoms with Crippen LogP contribution in [0.5, 0.6) is 5.75 Å². The molecule has 0 aliphatic rings.